The fourth-order valence-electron chi connectivity index (χ4n) is 2.54. The molecule has 0 saturated carbocycles. The molecule has 2 rings (SSSR count). The summed E-state index contributed by atoms with van der Waals surface area (Å²) in [6, 6.07) is 0. The second kappa shape index (κ2) is 3.77. The predicted molar refractivity (Wildman–Crippen MR) is 52.8 cm³/mol. The van der Waals surface area contributed by atoms with Crippen molar-refractivity contribution in [3.63, 3.8) is 0 Å². The van der Waals surface area contributed by atoms with Crippen molar-refractivity contribution >= 4 is 6.09 Å². The number of cyclic esters (lactones) is 1. The van der Waals surface area contributed by atoms with E-state index in [0.29, 0.717) is 6.61 Å². The second-order valence-electron chi connectivity index (χ2n) is 4.66. The van der Waals surface area contributed by atoms with Crippen LogP contribution < -0.4 is 5.32 Å². The van der Waals surface area contributed by atoms with Crippen LogP contribution in [0, 0.1) is 11.8 Å². The molecule has 2 heterocycles. The number of amides is 1. The zero-order valence-electron chi connectivity index (χ0n) is 8.82. The van der Waals surface area contributed by atoms with E-state index in [1.54, 1.807) is 0 Å². The van der Waals surface area contributed by atoms with Gasteiger partial charge in [0.15, 0.2) is 0 Å². The van der Waals surface area contributed by atoms with Crippen LogP contribution in [-0.2, 0) is 4.74 Å². The number of carbonyl (C=O) groups is 1. The Hall–Kier alpha value is -0.770. The molecule has 4 nitrogen and oxygen atoms in total. The normalized spacial score (nSPS) is 39.3. The van der Waals surface area contributed by atoms with Gasteiger partial charge in [-0.25, -0.2) is 4.79 Å². The molecule has 1 N–H and O–H groups in total. The van der Waals surface area contributed by atoms with Crippen molar-refractivity contribution < 1.29 is 9.53 Å². The van der Waals surface area contributed by atoms with Crippen LogP contribution in [0.15, 0.2) is 0 Å². The van der Waals surface area contributed by atoms with Crippen LogP contribution in [0.5, 0.6) is 0 Å². The molecule has 2 aliphatic heterocycles. The summed E-state index contributed by atoms with van der Waals surface area (Å²) in [5.41, 5.74) is 0. The Labute approximate surface area is 84.6 Å². The van der Waals surface area contributed by atoms with Crippen LogP contribution >= 0.6 is 0 Å². The number of nitrogens with one attached hydrogen (secondary N) is 1. The zero-order chi connectivity index (χ0) is 10.1. The number of nitrogens with zero attached hydrogens (tertiary/aromatic N) is 1. The van der Waals surface area contributed by atoms with Crippen LogP contribution in [-0.4, -0.2) is 36.9 Å². The highest BCUT2D eigenvalue weighted by Gasteiger charge is 2.32. The Kier molecular flexibility index (Phi) is 2.63. The van der Waals surface area contributed by atoms with E-state index in [2.05, 4.69) is 24.1 Å². The van der Waals surface area contributed by atoms with Crippen LogP contribution in [0.2, 0.25) is 0 Å². The van der Waals surface area contributed by atoms with Gasteiger partial charge in [0, 0.05) is 13.1 Å². The van der Waals surface area contributed by atoms with Crippen LogP contribution in [0.1, 0.15) is 20.3 Å². The van der Waals surface area contributed by atoms with Gasteiger partial charge in [0.2, 0.25) is 0 Å². The van der Waals surface area contributed by atoms with E-state index in [1.807, 2.05) is 0 Å². The topological polar surface area (TPSA) is 41.6 Å². The number of likely N-dealkylation sites (tertiary alicyclic amines) is 1. The van der Waals surface area contributed by atoms with Crippen molar-refractivity contribution in [2.75, 3.05) is 19.7 Å². The molecular weight excluding hydrogens is 180 g/mol. The van der Waals surface area contributed by atoms with Gasteiger partial charge < -0.3 is 10.1 Å². The lowest BCUT2D eigenvalue weighted by atomic mass is 9.91. The number of alkyl carbamates (subject to hydrolysis) is 1. The molecule has 0 aromatic heterocycles. The zero-order valence-corrected chi connectivity index (χ0v) is 8.82. The first-order valence-electron chi connectivity index (χ1n) is 5.32. The highest BCUT2D eigenvalue weighted by Crippen LogP contribution is 2.22. The molecule has 80 valence electrons. The Morgan fingerprint density at radius 1 is 1.36 bits per heavy atom. The Morgan fingerprint density at radius 2 is 2.00 bits per heavy atom. The molecule has 0 aromatic rings. The number of rotatable bonds is 1. The molecule has 2 fully saturated rings. The Balaban J connectivity index is 1.93. The van der Waals surface area contributed by atoms with E-state index >= 15 is 0 Å². The van der Waals surface area contributed by atoms with E-state index < -0.39 is 0 Å². The summed E-state index contributed by atoms with van der Waals surface area (Å²) < 4.78 is 4.90. The monoisotopic (exact) mass is 198 g/mol. The summed E-state index contributed by atoms with van der Waals surface area (Å²) in [6.07, 6.45) is 1.12. The molecule has 0 bridgehead atoms. The van der Waals surface area contributed by atoms with Crippen molar-refractivity contribution in [3.8, 4) is 0 Å². The third kappa shape index (κ3) is 2.00. The standard InChI is InChI=1S/C10H18N2O2/c1-7-3-8(2)5-12(4-7)9-6-14-10(13)11-9/h7-9H,3-6H2,1-2H3,(H,11,13). The lowest BCUT2D eigenvalue weighted by molar-refractivity contribution is 0.0796. The van der Waals surface area contributed by atoms with Crippen LogP contribution in [0.3, 0.4) is 0 Å². The van der Waals surface area contributed by atoms with Gasteiger partial charge in [-0.2, -0.15) is 0 Å². The largest absolute Gasteiger partial charge is 0.446 e. The molecular formula is C10H18N2O2. The van der Waals surface area contributed by atoms with E-state index in [0.717, 1.165) is 24.9 Å². The highest BCUT2D eigenvalue weighted by atomic mass is 16.6. The van der Waals surface area contributed by atoms with Crippen LogP contribution in [0.25, 0.3) is 0 Å². The van der Waals surface area contributed by atoms with Crippen molar-refractivity contribution in [2.24, 2.45) is 11.8 Å². The quantitative estimate of drug-likeness (QED) is 0.684. The molecule has 2 aliphatic rings. The maximum atomic E-state index is 10.9. The summed E-state index contributed by atoms with van der Waals surface area (Å²) in [5, 5.41) is 2.83. The summed E-state index contributed by atoms with van der Waals surface area (Å²) in [7, 11) is 0. The fraction of sp³-hybridized carbons (Fsp3) is 0.900. The van der Waals surface area contributed by atoms with Crippen molar-refractivity contribution in [1.29, 1.82) is 0 Å². The van der Waals surface area contributed by atoms with Crippen molar-refractivity contribution in [2.45, 2.75) is 26.4 Å². The molecule has 0 radical (unpaired) electrons. The lowest BCUT2D eigenvalue weighted by Gasteiger charge is -2.37. The Bertz CT molecular complexity index is 222. The number of ether oxygens (including phenoxy) is 1. The molecule has 0 aromatic carbocycles. The summed E-state index contributed by atoms with van der Waals surface area (Å²) in [5.74, 6) is 1.44. The van der Waals surface area contributed by atoms with Gasteiger partial charge in [-0.05, 0) is 18.3 Å². The molecule has 14 heavy (non-hydrogen) atoms. The number of hydrogen-bond acceptors (Lipinski definition) is 3. The maximum absolute atomic E-state index is 10.9. The first-order valence-corrected chi connectivity index (χ1v) is 5.32. The van der Waals surface area contributed by atoms with E-state index in [4.69, 9.17) is 4.74 Å². The third-order valence-electron chi connectivity index (χ3n) is 2.99. The minimum atomic E-state index is -0.277. The van der Waals surface area contributed by atoms with Gasteiger partial charge >= 0.3 is 6.09 Å². The number of hydrogen-bond donors (Lipinski definition) is 1. The van der Waals surface area contributed by atoms with E-state index in [-0.39, 0.29) is 12.3 Å². The first kappa shape index (κ1) is 9.77. The average molecular weight is 198 g/mol. The lowest BCUT2D eigenvalue weighted by Crippen LogP contribution is -2.50. The maximum Gasteiger partial charge on any atom is 0.408 e. The minimum absolute atomic E-state index is 0.104. The van der Waals surface area contributed by atoms with Gasteiger partial charge in [-0.3, -0.25) is 4.90 Å². The van der Waals surface area contributed by atoms with Gasteiger partial charge in [0.1, 0.15) is 12.8 Å². The predicted octanol–water partition coefficient (Wildman–Crippen LogP) is 1.03. The van der Waals surface area contributed by atoms with Gasteiger partial charge in [-0.15, -0.1) is 0 Å². The van der Waals surface area contributed by atoms with Crippen molar-refractivity contribution in [3.05, 3.63) is 0 Å². The van der Waals surface area contributed by atoms with E-state index in [9.17, 15) is 4.79 Å². The molecule has 2 saturated heterocycles. The minimum Gasteiger partial charge on any atom is -0.446 e. The van der Waals surface area contributed by atoms with Gasteiger partial charge in [0.05, 0.1) is 0 Å². The van der Waals surface area contributed by atoms with Crippen molar-refractivity contribution in [1.82, 2.24) is 10.2 Å². The average Bonchev–Trinajstić information content (AvgIpc) is 2.50. The number of carbonyl (C=O) groups excluding carboxylic acids is 1. The van der Waals surface area contributed by atoms with Crippen LogP contribution in [0.4, 0.5) is 4.79 Å². The highest BCUT2D eigenvalue weighted by molar-refractivity contribution is 5.69. The molecule has 0 spiro atoms. The second-order valence-corrected chi connectivity index (χ2v) is 4.66. The molecule has 3 atom stereocenters. The first-order chi connectivity index (χ1) is 6.65. The SMILES string of the molecule is CC1CC(C)CN(C2COC(=O)N2)C1. The van der Waals surface area contributed by atoms with E-state index in [1.165, 1.54) is 6.42 Å². The number of piperidine rings is 1. The molecule has 4 heteroatoms. The van der Waals surface area contributed by atoms with Gasteiger partial charge in [-0.1, -0.05) is 13.8 Å². The smallest absolute Gasteiger partial charge is 0.408 e. The van der Waals surface area contributed by atoms with Gasteiger partial charge in [0.25, 0.3) is 0 Å². The molecule has 0 aliphatic carbocycles. The summed E-state index contributed by atoms with van der Waals surface area (Å²) >= 11 is 0. The molecule has 3 unspecified atom stereocenters. The molecule has 1 amide bonds. The summed E-state index contributed by atoms with van der Waals surface area (Å²) in [6.45, 7) is 7.16. The fourth-order valence-corrected chi connectivity index (χ4v) is 2.54. The Morgan fingerprint density at radius 3 is 2.50 bits per heavy atom. The third-order valence-corrected chi connectivity index (χ3v) is 2.99. The summed E-state index contributed by atoms with van der Waals surface area (Å²) in [4.78, 5) is 13.2.